The number of nitro groups is 1. The first-order chi connectivity index (χ1) is 14.1. The lowest BCUT2D eigenvalue weighted by atomic mass is 10.0. The minimum atomic E-state index is -0.487. The molecule has 0 radical (unpaired) electrons. The summed E-state index contributed by atoms with van der Waals surface area (Å²) in [5, 5.41) is 16.5. The van der Waals surface area contributed by atoms with Crippen LogP contribution in [0.3, 0.4) is 0 Å². The highest BCUT2D eigenvalue weighted by Crippen LogP contribution is 2.26. The number of piperidine rings is 1. The van der Waals surface area contributed by atoms with E-state index in [1.54, 1.807) is 19.2 Å². The van der Waals surface area contributed by atoms with Crippen molar-refractivity contribution in [1.29, 1.82) is 0 Å². The summed E-state index contributed by atoms with van der Waals surface area (Å²) in [5.74, 6) is 0.794. The fourth-order valence-electron chi connectivity index (χ4n) is 3.58. The second kappa shape index (κ2) is 9.88. The Hall–Kier alpha value is -3.13. The fraction of sp³-hybridized carbons (Fsp3) is 0.381. The summed E-state index contributed by atoms with van der Waals surface area (Å²) in [6.45, 7) is 2.42. The van der Waals surface area contributed by atoms with Crippen LogP contribution in [0.4, 0.5) is 16.2 Å². The molecule has 3 rings (SSSR count). The van der Waals surface area contributed by atoms with Gasteiger partial charge in [-0.05, 0) is 49.7 Å². The molecule has 154 valence electrons. The minimum absolute atomic E-state index is 0.0528. The second-order valence-corrected chi connectivity index (χ2v) is 7.03. The van der Waals surface area contributed by atoms with Gasteiger partial charge < -0.3 is 15.4 Å². The summed E-state index contributed by atoms with van der Waals surface area (Å²) in [6, 6.07) is 13.5. The number of methoxy groups -OCH3 is 1. The van der Waals surface area contributed by atoms with Crippen molar-refractivity contribution in [3.05, 3.63) is 64.2 Å². The van der Waals surface area contributed by atoms with Gasteiger partial charge in [0.25, 0.3) is 5.69 Å². The molecule has 1 aliphatic heterocycles. The van der Waals surface area contributed by atoms with E-state index >= 15 is 0 Å². The van der Waals surface area contributed by atoms with Crippen molar-refractivity contribution in [2.75, 3.05) is 32.1 Å². The summed E-state index contributed by atoms with van der Waals surface area (Å²) in [7, 11) is 1.64. The van der Waals surface area contributed by atoms with E-state index in [-0.39, 0.29) is 17.8 Å². The van der Waals surface area contributed by atoms with Gasteiger partial charge in [0.05, 0.1) is 18.1 Å². The summed E-state index contributed by atoms with van der Waals surface area (Å²) in [6.07, 6.45) is 3.52. The molecule has 8 heteroatoms. The molecule has 0 bridgehead atoms. The summed E-state index contributed by atoms with van der Waals surface area (Å²) in [4.78, 5) is 25.2. The van der Waals surface area contributed by atoms with Gasteiger partial charge in [-0.1, -0.05) is 24.6 Å². The van der Waals surface area contributed by atoms with Crippen molar-refractivity contribution >= 4 is 17.4 Å². The molecule has 1 aliphatic rings. The Morgan fingerprint density at radius 2 is 1.90 bits per heavy atom. The molecule has 2 amide bonds. The molecule has 1 atom stereocenters. The van der Waals surface area contributed by atoms with Crippen LogP contribution in [0.5, 0.6) is 5.75 Å². The molecule has 1 unspecified atom stereocenters. The number of nitro benzene ring substituents is 1. The average Bonchev–Trinajstić information content (AvgIpc) is 2.75. The molecule has 1 heterocycles. The maximum atomic E-state index is 12.4. The van der Waals surface area contributed by atoms with Crippen LogP contribution in [0, 0.1) is 10.1 Å². The zero-order chi connectivity index (χ0) is 20.6. The number of hydrogen-bond acceptors (Lipinski definition) is 5. The lowest BCUT2D eigenvalue weighted by molar-refractivity contribution is -0.384. The molecule has 2 N–H and O–H groups in total. The van der Waals surface area contributed by atoms with Crippen molar-refractivity contribution in [2.24, 2.45) is 0 Å². The first kappa shape index (κ1) is 20.6. The van der Waals surface area contributed by atoms with Gasteiger partial charge in [-0.3, -0.25) is 15.0 Å². The molecule has 2 aromatic carbocycles. The number of non-ortho nitro benzene ring substituents is 1. The molecular weight excluding hydrogens is 372 g/mol. The molecule has 29 heavy (non-hydrogen) atoms. The van der Waals surface area contributed by atoms with Crippen molar-refractivity contribution in [3.8, 4) is 5.75 Å². The van der Waals surface area contributed by atoms with E-state index < -0.39 is 4.92 Å². The predicted molar refractivity (Wildman–Crippen MR) is 111 cm³/mol. The van der Waals surface area contributed by atoms with E-state index in [1.165, 1.54) is 18.6 Å². The maximum absolute atomic E-state index is 12.4. The van der Waals surface area contributed by atoms with Crippen LogP contribution in [0.1, 0.15) is 30.9 Å². The fourth-order valence-corrected chi connectivity index (χ4v) is 3.58. The Kier molecular flexibility index (Phi) is 7.02. The third kappa shape index (κ3) is 5.68. The number of benzene rings is 2. The zero-order valence-electron chi connectivity index (χ0n) is 16.5. The van der Waals surface area contributed by atoms with Crippen LogP contribution in [0.2, 0.25) is 0 Å². The van der Waals surface area contributed by atoms with Gasteiger partial charge in [-0.25, -0.2) is 4.79 Å². The average molecular weight is 398 g/mol. The van der Waals surface area contributed by atoms with Crippen LogP contribution >= 0.6 is 0 Å². The van der Waals surface area contributed by atoms with Crippen LogP contribution in [0.15, 0.2) is 48.5 Å². The Morgan fingerprint density at radius 3 is 2.55 bits per heavy atom. The van der Waals surface area contributed by atoms with E-state index in [4.69, 9.17) is 4.74 Å². The van der Waals surface area contributed by atoms with E-state index in [2.05, 4.69) is 15.5 Å². The lowest BCUT2D eigenvalue weighted by Crippen LogP contribution is -2.41. The monoisotopic (exact) mass is 398 g/mol. The Morgan fingerprint density at radius 1 is 1.17 bits per heavy atom. The molecule has 2 aromatic rings. The van der Waals surface area contributed by atoms with Gasteiger partial charge in [-0.15, -0.1) is 0 Å². The summed E-state index contributed by atoms with van der Waals surface area (Å²) < 4.78 is 5.24. The molecule has 1 fully saturated rings. The van der Waals surface area contributed by atoms with Gasteiger partial charge in [0.15, 0.2) is 0 Å². The van der Waals surface area contributed by atoms with Gasteiger partial charge >= 0.3 is 6.03 Å². The Bertz CT molecular complexity index is 835. The van der Waals surface area contributed by atoms with Gasteiger partial charge in [0.2, 0.25) is 0 Å². The van der Waals surface area contributed by atoms with Crippen LogP contribution in [-0.2, 0) is 0 Å². The number of rotatable bonds is 7. The van der Waals surface area contributed by atoms with E-state index in [1.807, 2.05) is 24.3 Å². The van der Waals surface area contributed by atoms with Crippen LogP contribution < -0.4 is 15.4 Å². The molecule has 0 saturated carbocycles. The highest BCUT2D eigenvalue weighted by Gasteiger charge is 2.23. The molecule has 0 aromatic heterocycles. The number of ether oxygens (including phenoxy) is 1. The normalized spacial score (nSPS) is 15.3. The SMILES string of the molecule is COc1ccc(C(CNC(=O)Nc2cccc([N+](=O)[O-])c2)N2CCCCC2)cc1. The van der Waals surface area contributed by atoms with Gasteiger partial charge in [0.1, 0.15) is 5.75 Å². The van der Waals surface area contributed by atoms with Gasteiger partial charge in [-0.2, -0.15) is 0 Å². The Labute approximate surface area is 170 Å². The third-order valence-electron chi connectivity index (χ3n) is 5.10. The number of carbonyl (C=O) groups excluding carboxylic acids is 1. The quantitative estimate of drug-likeness (QED) is 0.544. The maximum Gasteiger partial charge on any atom is 0.319 e. The highest BCUT2D eigenvalue weighted by molar-refractivity contribution is 5.89. The number of nitrogens with one attached hydrogen (secondary N) is 2. The molecule has 1 saturated heterocycles. The number of amides is 2. The van der Waals surface area contributed by atoms with Gasteiger partial charge in [0, 0.05) is 24.4 Å². The first-order valence-electron chi connectivity index (χ1n) is 9.74. The summed E-state index contributed by atoms with van der Waals surface area (Å²) >= 11 is 0. The van der Waals surface area contributed by atoms with Crippen LogP contribution in [-0.4, -0.2) is 42.6 Å². The Balaban J connectivity index is 1.66. The van der Waals surface area contributed by atoms with Crippen LogP contribution in [0.25, 0.3) is 0 Å². The number of nitrogens with zero attached hydrogens (tertiary/aromatic N) is 2. The summed E-state index contributed by atoms with van der Waals surface area (Å²) in [5.41, 5.74) is 1.44. The predicted octanol–water partition coefficient (Wildman–Crippen LogP) is 3.95. The van der Waals surface area contributed by atoms with Crippen molar-refractivity contribution in [3.63, 3.8) is 0 Å². The van der Waals surface area contributed by atoms with E-state index in [0.717, 1.165) is 37.2 Å². The van der Waals surface area contributed by atoms with Crippen molar-refractivity contribution < 1.29 is 14.5 Å². The molecule has 0 aliphatic carbocycles. The standard InChI is InChI=1S/C21H26N4O4/c1-29-19-10-8-16(9-11-19)20(24-12-3-2-4-13-24)15-22-21(26)23-17-6-5-7-18(14-17)25(27)28/h5-11,14,20H,2-4,12-13,15H2,1H3,(H2,22,23,26). The number of anilines is 1. The second-order valence-electron chi connectivity index (χ2n) is 7.03. The largest absolute Gasteiger partial charge is 0.497 e. The lowest BCUT2D eigenvalue weighted by Gasteiger charge is -2.35. The molecule has 8 nitrogen and oxygen atoms in total. The minimum Gasteiger partial charge on any atom is -0.497 e. The van der Waals surface area contributed by atoms with Crippen molar-refractivity contribution in [1.82, 2.24) is 10.2 Å². The van der Waals surface area contributed by atoms with Crippen molar-refractivity contribution in [2.45, 2.75) is 25.3 Å². The number of carbonyl (C=O) groups is 1. The number of hydrogen-bond donors (Lipinski definition) is 2. The smallest absolute Gasteiger partial charge is 0.319 e. The number of urea groups is 1. The highest BCUT2D eigenvalue weighted by atomic mass is 16.6. The molecule has 0 spiro atoms. The topological polar surface area (TPSA) is 96.7 Å². The third-order valence-corrected chi connectivity index (χ3v) is 5.10. The molecular formula is C21H26N4O4. The number of likely N-dealkylation sites (tertiary alicyclic amines) is 1. The zero-order valence-corrected chi connectivity index (χ0v) is 16.5. The first-order valence-corrected chi connectivity index (χ1v) is 9.74. The van der Waals surface area contributed by atoms with E-state index in [0.29, 0.717) is 12.2 Å². The van der Waals surface area contributed by atoms with E-state index in [9.17, 15) is 14.9 Å².